The van der Waals surface area contributed by atoms with Crippen LogP contribution in [0.15, 0.2) is 12.2 Å². The highest BCUT2D eigenvalue weighted by Crippen LogP contribution is 2.39. The fourth-order valence-corrected chi connectivity index (χ4v) is 5.29. The van der Waals surface area contributed by atoms with E-state index in [1.807, 2.05) is 11.0 Å². The first-order chi connectivity index (χ1) is 16.3. The monoisotopic (exact) mass is 476 g/mol. The second kappa shape index (κ2) is 12.5. The Bertz CT molecular complexity index is 775. The third-order valence-electron chi connectivity index (χ3n) is 7.47. The van der Waals surface area contributed by atoms with Gasteiger partial charge in [0.05, 0.1) is 18.1 Å². The van der Waals surface area contributed by atoms with Crippen LogP contribution in [0.1, 0.15) is 77.6 Å². The zero-order valence-corrected chi connectivity index (χ0v) is 20.4. The van der Waals surface area contributed by atoms with Crippen LogP contribution < -0.4 is 0 Å². The van der Waals surface area contributed by atoms with Crippen LogP contribution in [0.25, 0.3) is 0 Å². The number of aliphatic hydroxyl groups is 1. The average Bonchev–Trinajstić information content (AvgIpc) is 3.49. The van der Waals surface area contributed by atoms with E-state index < -0.39 is 24.0 Å². The van der Waals surface area contributed by atoms with E-state index in [0.29, 0.717) is 6.42 Å². The normalized spacial score (nSPS) is 27.7. The van der Waals surface area contributed by atoms with Gasteiger partial charge in [0.2, 0.25) is 11.8 Å². The highest BCUT2D eigenvalue weighted by molar-refractivity contribution is 5.91. The van der Waals surface area contributed by atoms with Gasteiger partial charge in [0, 0.05) is 38.4 Å². The summed E-state index contributed by atoms with van der Waals surface area (Å²) in [7, 11) is 0. The predicted octanol–water partition coefficient (Wildman–Crippen LogP) is 2.78. The zero-order chi connectivity index (χ0) is 24.7. The quantitative estimate of drug-likeness (QED) is 0.331. The number of carboxylic acid groups (broad SMARTS) is 1. The molecule has 0 bridgehead atoms. The number of carboxylic acids is 1. The maximum absolute atomic E-state index is 13.4. The standard InChI is InChI=1S/C26H40N2O6/c1-18(29)23-16-21(30)17-28(23)25(32)20(15-24(31)27-12-8-5-9-13-27)11-7-4-2-3-6-10-19-14-22(19)26(33)34/h6,10,19-23,30H,2-5,7-9,11-17H2,1H3,(H,33,34)/b10-6-/t19-,20-,21-,22+,23+/m1/s1. The summed E-state index contributed by atoms with van der Waals surface area (Å²) in [4.78, 5) is 52.6. The maximum atomic E-state index is 13.4. The van der Waals surface area contributed by atoms with E-state index in [0.717, 1.165) is 64.5 Å². The number of Topliss-reactive ketones (excluding diaryl/α,β-unsaturated/α-hetero) is 1. The number of unbranched alkanes of at least 4 members (excludes halogenated alkanes) is 3. The van der Waals surface area contributed by atoms with E-state index in [1.54, 1.807) is 0 Å². The molecule has 190 valence electrons. The Hall–Kier alpha value is -2.22. The number of piperidine rings is 1. The largest absolute Gasteiger partial charge is 0.481 e. The molecule has 2 amide bonds. The first kappa shape index (κ1) is 26.4. The van der Waals surface area contributed by atoms with Gasteiger partial charge in [0.15, 0.2) is 5.78 Å². The van der Waals surface area contributed by atoms with Gasteiger partial charge in [0.1, 0.15) is 0 Å². The molecule has 0 aromatic rings. The highest BCUT2D eigenvalue weighted by atomic mass is 16.4. The average molecular weight is 477 g/mol. The number of hydrogen-bond donors (Lipinski definition) is 2. The van der Waals surface area contributed by atoms with Crippen molar-refractivity contribution < 1.29 is 29.4 Å². The molecule has 0 aromatic heterocycles. The zero-order valence-electron chi connectivity index (χ0n) is 20.4. The number of carbonyl (C=O) groups excluding carboxylic acids is 3. The molecule has 2 saturated heterocycles. The number of carbonyl (C=O) groups is 4. The van der Waals surface area contributed by atoms with Crippen LogP contribution in [0.4, 0.5) is 0 Å². The van der Waals surface area contributed by atoms with Crippen molar-refractivity contribution in [1.29, 1.82) is 0 Å². The lowest BCUT2D eigenvalue weighted by molar-refractivity contribution is -0.144. The first-order valence-electron chi connectivity index (χ1n) is 12.9. The van der Waals surface area contributed by atoms with E-state index in [9.17, 15) is 24.3 Å². The third kappa shape index (κ3) is 7.39. The van der Waals surface area contributed by atoms with Gasteiger partial charge in [0.25, 0.3) is 0 Å². The Morgan fingerprint density at radius 3 is 2.41 bits per heavy atom. The SMILES string of the molecule is CC(=O)[C@@H]1C[C@@H](O)CN1C(=O)[C@H](CCCCC/C=C\[C@@H]1C[C@@H]1C(=O)O)CC(=O)N1CCCCC1. The van der Waals surface area contributed by atoms with Crippen molar-refractivity contribution in [1.82, 2.24) is 9.80 Å². The number of aliphatic carboxylic acids is 1. The fourth-order valence-electron chi connectivity index (χ4n) is 5.29. The molecule has 3 rings (SSSR count). The Morgan fingerprint density at radius 2 is 1.76 bits per heavy atom. The number of rotatable bonds is 12. The summed E-state index contributed by atoms with van der Waals surface area (Å²) in [6.45, 7) is 3.09. The maximum Gasteiger partial charge on any atom is 0.307 e. The summed E-state index contributed by atoms with van der Waals surface area (Å²) in [5.74, 6) is -1.54. The molecule has 1 saturated carbocycles. The molecule has 5 atom stereocenters. The molecule has 0 aromatic carbocycles. The molecule has 2 N–H and O–H groups in total. The molecule has 3 fully saturated rings. The van der Waals surface area contributed by atoms with Crippen molar-refractivity contribution in [3.63, 3.8) is 0 Å². The Morgan fingerprint density at radius 1 is 1.03 bits per heavy atom. The van der Waals surface area contributed by atoms with Gasteiger partial charge in [-0.15, -0.1) is 0 Å². The summed E-state index contributed by atoms with van der Waals surface area (Å²) >= 11 is 0. The minimum absolute atomic E-state index is 0.0116. The van der Waals surface area contributed by atoms with Crippen molar-refractivity contribution in [2.24, 2.45) is 17.8 Å². The van der Waals surface area contributed by atoms with E-state index in [2.05, 4.69) is 6.08 Å². The number of β-amino-alcohol motifs (C(OH)–C–C–N with tert-alkyl or cyclic N) is 1. The number of ketones is 1. The highest BCUT2D eigenvalue weighted by Gasteiger charge is 2.41. The van der Waals surface area contributed by atoms with E-state index in [-0.39, 0.29) is 48.8 Å². The molecule has 1 aliphatic carbocycles. The molecule has 0 radical (unpaired) electrons. The molecule has 0 unspecified atom stereocenters. The topological polar surface area (TPSA) is 115 Å². The van der Waals surface area contributed by atoms with E-state index in [1.165, 1.54) is 11.8 Å². The lowest BCUT2D eigenvalue weighted by Crippen LogP contribution is -2.45. The summed E-state index contributed by atoms with van der Waals surface area (Å²) in [6.07, 6.45) is 11.8. The summed E-state index contributed by atoms with van der Waals surface area (Å²) in [6, 6.07) is -0.600. The van der Waals surface area contributed by atoms with Gasteiger partial charge in [-0.1, -0.05) is 25.0 Å². The number of nitrogens with zero attached hydrogens (tertiary/aromatic N) is 2. The van der Waals surface area contributed by atoms with Gasteiger partial charge in [-0.2, -0.15) is 0 Å². The predicted molar refractivity (Wildman–Crippen MR) is 127 cm³/mol. The van der Waals surface area contributed by atoms with Crippen molar-refractivity contribution in [3.8, 4) is 0 Å². The number of aliphatic hydroxyl groups excluding tert-OH is 1. The van der Waals surface area contributed by atoms with Crippen molar-refractivity contribution >= 4 is 23.6 Å². The summed E-state index contributed by atoms with van der Waals surface area (Å²) in [5.41, 5.74) is 0. The minimum Gasteiger partial charge on any atom is -0.481 e. The Balaban J connectivity index is 1.50. The van der Waals surface area contributed by atoms with E-state index in [4.69, 9.17) is 5.11 Å². The van der Waals surface area contributed by atoms with Gasteiger partial charge in [-0.25, -0.2) is 0 Å². The lowest BCUT2D eigenvalue weighted by atomic mass is 9.94. The van der Waals surface area contributed by atoms with Crippen LogP contribution in [0, 0.1) is 17.8 Å². The molecule has 8 nitrogen and oxygen atoms in total. The van der Waals surface area contributed by atoms with Crippen LogP contribution in [0.3, 0.4) is 0 Å². The molecular weight excluding hydrogens is 436 g/mol. The Kier molecular flexibility index (Phi) is 9.68. The first-order valence-corrected chi connectivity index (χ1v) is 12.9. The third-order valence-corrected chi connectivity index (χ3v) is 7.47. The number of allylic oxidation sites excluding steroid dienone is 2. The molecule has 2 aliphatic heterocycles. The second-order valence-electron chi connectivity index (χ2n) is 10.3. The minimum atomic E-state index is -0.720. The van der Waals surface area contributed by atoms with Crippen LogP contribution in [0.5, 0.6) is 0 Å². The number of likely N-dealkylation sites (tertiary alicyclic amines) is 2. The van der Waals surface area contributed by atoms with Gasteiger partial charge in [-0.05, 0) is 57.8 Å². The van der Waals surface area contributed by atoms with Crippen LogP contribution >= 0.6 is 0 Å². The second-order valence-corrected chi connectivity index (χ2v) is 10.3. The van der Waals surface area contributed by atoms with Crippen LogP contribution in [-0.4, -0.2) is 75.4 Å². The van der Waals surface area contributed by atoms with Gasteiger partial charge in [-0.3, -0.25) is 19.2 Å². The lowest BCUT2D eigenvalue weighted by Gasteiger charge is -2.31. The Labute approximate surface area is 202 Å². The molecular formula is C26H40N2O6. The van der Waals surface area contributed by atoms with Gasteiger partial charge < -0.3 is 20.0 Å². The smallest absolute Gasteiger partial charge is 0.307 e. The molecule has 2 heterocycles. The van der Waals surface area contributed by atoms with Crippen molar-refractivity contribution in [2.45, 2.75) is 89.7 Å². The van der Waals surface area contributed by atoms with Crippen LogP contribution in [-0.2, 0) is 19.2 Å². The van der Waals surface area contributed by atoms with Crippen molar-refractivity contribution in [2.75, 3.05) is 19.6 Å². The molecule has 8 heteroatoms. The number of amides is 2. The summed E-state index contributed by atoms with van der Waals surface area (Å²) in [5, 5.41) is 19.0. The fraction of sp³-hybridized carbons (Fsp3) is 0.769. The number of hydrogen-bond acceptors (Lipinski definition) is 5. The molecule has 0 spiro atoms. The van der Waals surface area contributed by atoms with Gasteiger partial charge >= 0.3 is 5.97 Å². The van der Waals surface area contributed by atoms with Crippen molar-refractivity contribution in [3.05, 3.63) is 12.2 Å². The van der Waals surface area contributed by atoms with Crippen LogP contribution in [0.2, 0.25) is 0 Å². The van der Waals surface area contributed by atoms with E-state index >= 15 is 0 Å². The molecule has 34 heavy (non-hydrogen) atoms. The summed E-state index contributed by atoms with van der Waals surface area (Å²) < 4.78 is 0. The molecule has 3 aliphatic rings.